The molecular weight excluding hydrogens is 288 g/mol. The first-order valence-corrected chi connectivity index (χ1v) is 6.38. The van der Waals surface area contributed by atoms with Crippen LogP contribution in [0.2, 0.25) is 10.0 Å². The molecule has 0 unspecified atom stereocenters. The minimum Gasteiger partial charge on any atom is -0.386 e. The van der Waals surface area contributed by atoms with Gasteiger partial charge in [-0.1, -0.05) is 41.4 Å². The van der Waals surface area contributed by atoms with Crippen molar-refractivity contribution in [3.8, 4) is 0 Å². The lowest BCUT2D eigenvalue weighted by atomic mass is 9.96. The van der Waals surface area contributed by atoms with E-state index in [0.717, 1.165) is 0 Å². The van der Waals surface area contributed by atoms with E-state index in [1.807, 2.05) is 0 Å². The lowest BCUT2D eigenvalue weighted by Gasteiger charge is -2.20. The molecule has 0 amide bonds. The van der Waals surface area contributed by atoms with Crippen LogP contribution in [0.15, 0.2) is 42.5 Å². The quantitative estimate of drug-likeness (QED) is 0.904. The highest BCUT2D eigenvalue weighted by atomic mass is 35.5. The average molecular weight is 300 g/mol. The molecule has 0 aliphatic heterocycles. The highest BCUT2D eigenvalue weighted by Gasteiger charge is 2.20. The van der Waals surface area contributed by atoms with Crippen molar-refractivity contribution in [2.45, 2.75) is 12.1 Å². The van der Waals surface area contributed by atoms with Gasteiger partial charge < -0.3 is 10.8 Å². The van der Waals surface area contributed by atoms with Crippen molar-refractivity contribution in [1.82, 2.24) is 0 Å². The maximum Gasteiger partial charge on any atom is 0.142 e. The maximum atomic E-state index is 13.4. The third kappa shape index (κ3) is 3.25. The normalized spacial score (nSPS) is 14.2. The molecule has 0 fully saturated rings. The molecule has 0 spiro atoms. The molecule has 0 heterocycles. The van der Waals surface area contributed by atoms with Gasteiger partial charge >= 0.3 is 0 Å². The number of nitrogens with two attached hydrogens (primary N) is 1. The fourth-order valence-corrected chi connectivity index (χ4v) is 2.12. The van der Waals surface area contributed by atoms with E-state index in [-0.39, 0.29) is 5.02 Å². The van der Waals surface area contributed by atoms with Crippen LogP contribution in [0.4, 0.5) is 4.39 Å². The molecule has 0 saturated carbocycles. The number of hydrogen-bond acceptors (Lipinski definition) is 2. The minimum atomic E-state index is -0.973. The Hall–Kier alpha value is -1.13. The Morgan fingerprint density at radius 1 is 1.05 bits per heavy atom. The van der Waals surface area contributed by atoms with Crippen LogP contribution in [0, 0.1) is 5.82 Å². The zero-order valence-corrected chi connectivity index (χ0v) is 11.4. The number of hydrogen-bond donors (Lipinski definition) is 2. The highest BCUT2D eigenvalue weighted by molar-refractivity contribution is 6.31. The number of rotatable bonds is 3. The zero-order chi connectivity index (χ0) is 14.0. The van der Waals surface area contributed by atoms with Crippen LogP contribution in [-0.2, 0) is 0 Å². The molecule has 0 aromatic heterocycles. The number of benzene rings is 2. The first-order chi connectivity index (χ1) is 8.99. The molecule has 2 atom stereocenters. The van der Waals surface area contributed by atoms with Gasteiger partial charge in [0.1, 0.15) is 5.82 Å². The molecule has 5 heteroatoms. The van der Waals surface area contributed by atoms with Crippen LogP contribution in [0.25, 0.3) is 0 Å². The minimum absolute atomic E-state index is 0.0215. The molecule has 2 aromatic rings. The van der Waals surface area contributed by atoms with Crippen molar-refractivity contribution in [3.05, 3.63) is 69.5 Å². The summed E-state index contributed by atoms with van der Waals surface area (Å²) in [4.78, 5) is 0. The monoisotopic (exact) mass is 299 g/mol. The van der Waals surface area contributed by atoms with Crippen LogP contribution in [-0.4, -0.2) is 5.11 Å². The number of halogens is 3. The van der Waals surface area contributed by atoms with Gasteiger partial charge in [-0.05, 0) is 35.4 Å². The molecule has 0 saturated heterocycles. The van der Waals surface area contributed by atoms with Crippen LogP contribution >= 0.6 is 23.2 Å². The fourth-order valence-electron chi connectivity index (χ4n) is 1.80. The van der Waals surface area contributed by atoms with Crippen LogP contribution in [0.3, 0.4) is 0 Å². The Morgan fingerprint density at radius 3 is 2.42 bits per heavy atom. The molecular formula is C14H12Cl2FNO. The third-order valence-corrected chi connectivity index (χ3v) is 3.40. The molecule has 2 rings (SSSR count). The second kappa shape index (κ2) is 5.88. The molecule has 100 valence electrons. The summed E-state index contributed by atoms with van der Waals surface area (Å²) in [5.74, 6) is -0.562. The van der Waals surface area contributed by atoms with Gasteiger partial charge in [-0.3, -0.25) is 0 Å². The standard InChI is InChI=1S/C14H12Cl2FNO/c15-10-3-1-2-9(6-10)14(19)13(18)8-4-5-11(16)12(17)7-8/h1-7,13-14,19H,18H2/t13-,14-/m1/s1. The molecule has 19 heavy (non-hydrogen) atoms. The lowest BCUT2D eigenvalue weighted by molar-refractivity contribution is 0.147. The van der Waals surface area contributed by atoms with Crippen molar-refractivity contribution < 1.29 is 9.50 Å². The molecule has 0 aliphatic rings. The van der Waals surface area contributed by atoms with E-state index in [1.54, 1.807) is 30.3 Å². The predicted octanol–water partition coefficient (Wildman–Crippen LogP) is 3.87. The summed E-state index contributed by atoms with van der Waals surface area (Å²) >= 11 is 11.5. The molecule has 0 radical (unpaired) electrons. The van der Waals surface area contributed by atoms with Crippen molar-refractivity contribution in [2.75, 3.05) is 0 Å². The van der Waals surface area contributed by atoms with Gasteiger partial charge in [-0.25, -0.2) is 4.39 Å². The summed E-state index contributed by atoms with van der Waals surface area (Å²) in [6.45, 7) is 0. The van der Waals surface area contributed by atoms with E-state index in [2.05, 4.69) is 0 Å². The SMILES string of the molecule is N[C@H](c1ccc(Cl)c(F)c1)[C@H](O)c1cccc(Cl)c1. The van der Waals surface area contributed by atoms with Gasteiger partial charge in [0, 0.05) is 5.02 Å². The van der Waals surface area contributed by atoms with Crippen molar-refractivity contribution in [1.29, 1.82) is 0 Å². The van der Waals surface area contributed by atoms with Crippen molar-refractivity contribution in [3.63, 3.8) is 0 Å². The molecule has 0 aliphatic carbocycles. The van der Waals surface area contributed by atoms with Crippen LogP contribution < -0.4 is 5.73 Å². The Labute approximate surface area is 120 Å². The van der Waals surface area contributed by atoms with E-state index in [4.69, 9.17) is 28.9 Å². The van der Waals surface area contributed by atoms with Crippen LogP contribution in [0.1, 0.15) is 23.3 Å². The largest absolute Gasteiger partial charge is 0.386 e. The maximum absolute atomic E-state index is 13.4. The topological polar surface area (TPSA) is 46.2 Å². The second-order valence-electron chi connectivity index (χ2n) is 4.20. The highest BCUT2D eigenvalue weighted by Crippen LogP contribution is 2.29. The Morgan fingerprint density at radius 2 is 1.79 bits per heavy atom. The zero-order valence-electron chi connectivity index (χ0n) is 9.85. The van der Waals surface area contributed by atoms with Gasteiger partial charge in [0.05, 0.1) is 17.2 Å². The summed E-state index contributed by atoms with van der Waals surface area (Å²) in [7, 11) is 0. The van der Waals surface area contributed by atoms with E-state index < -0.39 is 18.0 Å². The summed E-state index contributed by atoms with van der Waals surface area (Å²) in [6.07, 6.45) is -0.973. The molecule has 2 nitrogen and oxygen atoms in total. The second-order valence-corrected chi connectivity index (χ2v) is 5.04. The lowest BCUT2D eigenvalue weighted by Crippen LogP contribution is -2.19. The van der Waals surface area contributed by atoms with Gasteiger partial charge in [0.15, 0.2) is 0 Å². The predicted molar refractivity (Wildman–Crippen MR) is 74.8 cm³/mol. The smallest absolute Gasteiger partial charge is 0.142 e. The van der Waals surface area contributed by atoms with E-state index in [1.165, 1.54) is 12.1 Å². The van der Waals surface area contributed by atoms with E-state index in [0.29, 0.717) is 16.1 Å². The number of aliphatic hydroxyl groups is 1. The first-order valence-electron chi connectivity index (χ1n) is 5.63. The molecule has 3 N–H and O–H groups in total. The number of aliphatic hydroxyl groups excluding tert-OH is 1. The summed E-state index contributed by atoms with van der Waals surface area (Å²) < 4.78 is 13.4. The fraction of sp³-hybridized carbons (Fsp3) is 0.143. The van der Waals surface area contributed by atoms with Crippen molar-refractivity contribution in [2.24, 2.45) is 5.73 Å². The first kappa shape index (κ1) is 14.3. The van der Waals surface area contributed by atoms with Crippen LogP contribution in [0.5, 0.6) is 0 Å². The van der Waals surface area contributed by atoms with Gasteiger partial charge in [0.2, 0.25) is 0 Å². The Kier molecular flexibility index (Phi) is 4.42. The van der Waals surface area contributed by atoms with Gasteiger partial charge in [-0.2, -0.15) is 0 Å². The van der Waals surface area contributed by atoms with E-state index in [9.17, 15) is 9.50 Å². The third-order valence-electron chi connectivity index (χ3n) is 2.86. The van der Waals surface area contributed by atoms with Gasteiger partial charge in [0.25, 0.3) is 0 Å². The summed E-state index contributed by atoms with van der Waals surface area (Å²) in [6, 6.07) is 10.2. The average Bonchev–Trinajstić information content (AvgIpc) is 2.40. The Balaban J connectivity index is 2.27. The summed E-state index contributed by atoms with van der Waals surface area (Å²) in [5.41, 5.74) is 6.98. The van der Waals surface area contributed by atoms with Gasteiger partial charge in [-0.15, -0.1) is 0 Å². The molecule has 2 aromatic carbocycles. The van der Waals surface area contributed by atoms with E-state index >= 15 is 0 Å². The molecule has 0 bridgehead atoms. The Bertz CT molecular complexity index is 591. The summed E-state index contributed by atoms with van der Waals surface area (Å²) in [5, 5.41) is 10.7. The van der Waals surface area contributed by atoms with Crippen molar-refractivity contribution >= 4 is 23.2 Å².